The Morgan fingerprint density at radius 1 is 1.39 bits per heavy atom. The molecule has 1 atom stereocenters. The molecule has 1 aromatic heterocycles. The van der Waals surface area contributed by atoms with Crippen molar-refractivity contribution in [1.29, 1.82) is 0 Å². The molecule has 1 heterocycles. The Balaban J connectivity index is 2.02. The van der Waals surface area contributed by atoms with Crippen molar-refractivity contribution in [2.75, 3.05) is 13.7 Å². The molecule has 1 aromatic carbocycles. The normalized spacial score (nSPS) is 12.1. The predicted octanol–water partition coefficient (Wildman–Crippen LogP) is 3.93. The Morgan fingerprint density at radius 2 is 2.09 bits per heavy atom. The molecule has 0 aliphatic carbocycles. The summed E-state index contributed by atoms with van der Waals surface area (Å²) in [5, 5.41) is 8.00. The molecule has 5 nitrogen and oxygen atoms in total. The number of ether oxygens (including phenoxy) is 1. The topological polar surface area (TPSA) is 58.2 Å². The Bertz CT molecular complexity index is 696. The van der Waals surface area contributed by atoms with Crippen LogP contribution in [0, 0.1) is 13.8 Å². The van der Waals surface area contributed by atoms with Crippen LogP contribution in [-0.2, 0) is 4.79 Å². The first-order valence-corrected chi connectivity index (χ1v) is 7.91. The molecule has 0 saturated carbocycles. The van der Waals surface area contributed by atoms with E-state index in [1.165, 1.54) is 0 Å². The summed E-state index contributed by atoms with van der Waals surface area (Å²) in [5.41, 5.74) is 2.86. The highest BCUT2D eigenvalue weighted by molar-refractivity contribution is 6.35. The summed E-state index contributed by atoms with van der Waals surface area (Å²) >= 11 is 11.9. The van der Waals surface area contributed by atoms with Gasteiger partial charge < -0.3 is 9.64 Å². The van der Waals surface area contributed by atoms with Gasteiger partial charge in [-0.2, -0.15) is 5.10 Å². The highest BCUT2D eigenvalue weighted by Crippen LogP contribution is 2.28. The molecule has 2 rings (SSSR count). The second-order valence-corrected chi connectivity index (χ2v) is 6.24. The third-order valence-electron chi connectivity index (χ3n) is 3.82. The van der Waals surface area contributed by atoms with Crippen molar-refractivity contribution in [2.24, 2.45) is 0 Å². The van der Waals surface area contributed by atoms with Crippen LogP contribution in [-0.4, -0.2) is 34.7 Å². The first kappa shape index (κ1) is 17.6. The molecule has 0 saturated heterocycles. The molecule has 0 aliphatic heterocycles. The Labute approximate surface area is 145 Å². The molecule has 7 heteroatoms. The predicted molar refractivity (Wildman–Crippen MR) is 91.2 cm³/mol. The highest BCUT2D eigenvalue weighted by Gasteiger charge is 2.22. The number of carbonyl (C=O) groups is 1. The quantitative estimate of drug-likeness (QED) is 0.883. The van der Waals surface area contributed by atoms with Gasteiger partial charge in [-0.05, 0) is 39.0 Å². The van der Waals surface area contributed by atoms with E-state index in [9.17, 15) is 4.79 Å². The van der Waals surface area contributed by atoms with Crippen LogP contribution in [0.15, 0.2) is 18.2 Å². The van der Waals surface area contributed by atoms with E-state index in [0.29, 0.717) is 15.8 Å². The van der Waals surface area contributed by atoms with Gasteiger partial charge >= 0.3 is 0 Å². The van der Waals surface area contributed by atoms with Gasteiger partial charge in [0.1, 0.15) is 5.75 Å². The zero-order valence-electron chi connectivity index (χ0n) is 13.5. The highest BCUT2D eigenvalue weighted by atomic mass is 35.5. The molecule has 1 amide bonds. The minimum atomic E-state index is -0.150. The number of H-pyrrole nitrogens is 1. The first-order chi connectivity index (χ1) is 10.8. The van der Waals surface area contributed by atoms with Crippen molar-refractivity contribution in [3.63, 3.8) is 0 Å². The maximum atomic E-state index is 12.4. The number of aromatic nitrogens is 2. The van der Waals surface area contributed by atoms with Crippen molar-refractivity contribution < 1.29 is 9.53 Å². The third-order valence-corrected chi connectivity index (χ3v) is 4.35. The van der Waals surface area contributed by atoms with E-state index in [2.05, 4.69) is 10.2 Å². The maximum absolute atomic E-state index is 12.4. The van der Waals surface area contributed by atoms with E-state index in [1.54, 1.807) is 30.1 Å². The van der Waals surface area contributed by atoms with Crippen LogP contribution in [0.5, 0.6) is 5.75 Å². The van der Waals surface area contributed by atoms with Crippen LogP contribution in [0.25, 0.3) is 0 Å². The molecule has 0 bridgehead atoms. The molecule has 0 radical (unpaired) electrons. The number of rotatable bonds is 5. The number of hydrogen-bond acceptors (Lipinski definition) is 3. The van der Waals surface area contributed by atoms with Gasteiger partial charge in [0.15, 0.2) is 6.61 Å². The lowest BCUT2D eigenvalue weighted by atomic mass is 10.1. The van der Waals surface area contributed by atoms with E-state index in [4.69, 9.17) is 27.9 Å². The molecule has 124 valence electrons. The van der Waals surface area contributed by atoms with Gasteiger partial charge in [-0.1, -0.05) is 23.2 Å². The average Bonchev–Trinajstić information content (AvgIpc) is 2.83. The fourth-order valence-electron chi connectivity index (χ4n) is 2.42. The van der Waals surface area contributed by atoms with Crippen LogP contribution in [0.1, 0.15) is 29.9 Å². The van der Waals surface area contributed by atoms with E-state index < -0.39 is 0 Å². The Morgan fingerprint density at radius 3 is 2.65 bits per heavy atom. The molecule has 1 N–H and O–H groups in total. The molecule has 0 fully saturated rings. The number of benzene rings is 1. The van der Waals surface area contributed by atoms with E-state index >= 15 is 0 Å². The second kappa shape index (κ2) is 7.23. The summed E-state index contributed by atoms with van der Waals surface area (Å²) < 4.78 is 5.50. The lowest BCUT2D eigenvalue weighted by Crippen LogP contribution is -2.34. The summed E-state index contributed by atoms with van der Waals surface area (Å²) in [6, 6.07) is 4.78. The first-order valence-electron chi connectivity index (χ1n) is 7.16. The Kier molecular flexibility index (Phi) is 5.55. The standard InChI is InChI=1S/C16H19Cl2N3O2/c1-9-16(10(2)20-19-9)11(3)21(4)15(22)8-23-14-6-5-12(17)7-13(14)18/h5-7,11H,8H2,1-4H3,(H,19,20)/t11-/m0/s1. The number of likely N-dealkylation sites (N-methyl/N-ethyl adjacent to an activating group) is 1. The van der Waals surface area contributed by atoms with Crippen LogP contribution >= 0.6 is 23.2 Å². The smallest absolute Gasteiger partial charge is 0.260 e. The summed E-state index contributed by atoms with van der Waals surface area (Å²) in [5.74, 6) is 0.282. The van der Waals surface area contributed by atoms with Crippen molar-refractivity contribution in [1.82, 2.24) is 15.1 Å². The number of amides is 1. The minimum absolute atomic E-state index is 0.0991. The number of aryl methyl sites for hydroxylation is 2. The van der Waals surface area contributed by atoms with Gasteiger partial charge in [-0.3, -0.25) is 9.89 Å². The lowest BCUT2D eigenvalue weighted by molar-refractivity contribution is -0.134. The molecule has 0 spiro atoms. The summed E-state index contributed by atoms with van der Waals surface area (Å²) in [4.78, 5) is 14.0. The number of nitrogens with zero attached hydrogens (tertiary/aromatic N) is 2. The largest absolute Gasteiger partial charge is 0.482 e. The van der Waals surface area contributed by atoms with Crippen LogP contribution in [0.2, 0.25) is 10.0 Å². The van der Waals surface area contributed by atoms with Crippen molar-refractivity contribution in [3.8, 4) is 5.75 Å². The van der Waals surface area contributed by atoms with Crippen LogP contribution in [0.4, 0.5) is 0 Å². The van der Waals surface area contributed by atoms with Gasteiger partial charge in [0, 0.05) is 23.3 Å². The zero-order chi connectivity index (χ0) is 17.1. The maximum Gasteiger partial charge on any atom is 0.260 e. The second-order valence-electron chi connectivity index (χ2n) is 5.39. The van der Waals surface area contributed by atoms with E-state index in [0.717, 1.165) is 17.0 Å². The lowest BCUT2D eigenvalue weighted by Gasteiger charge is -2.25. The number of aromatic amines is 1. The summed E-state index contributed by atoms with van der Waals surface area (Å²) in [6.45, 7) is 5.71. The summed E-state index contributed by atoms with van der Waals surface area (Å²) in [7, 11) is 1.74. The molecule has 23 heavy (non-hydrogen) atoms. The Hall–Kier alpha value is -1.72. The van der Waals surface area contributed by atoms with Gasteiger partial charge in [0.25, 0.3) is 5.91 Å². The SMILES string of the molecule is Cc1n[nH]c(C)c1[C@H](C)N(C)C(=O)COc1ccc(Cl)cc1Cl. The fraction of sp³-hybridized carbons (Fsp3) is 0.375. The molecular formula is C16H19Cl2N3O2. The van der Waals surface area contributed by atoms with Crippen molar-refractivity contribution in [3.05, 3.63) is 45.2 Å². The summed E-state index contributed by atoms with van der Waals surface area (Å²) in [6.07, 6.45) is 0. The van der Waals surface area contributed by atoms with Crippen LogP contribution in [0.3, 0.4) is 0 Å². The average molecular weight is 356 g/mol. The van der Waals surface area contributed by atoms with E-state index in [-0.39, 0.29) is 18.6 Å². The molecular weight excluding hydrogens is 337 g/mol. The third kappa shape index (κ3) is 3.98. The molecule has 0 unspecified atom stereocenters. The van der Waals surface area contributed by atoms with Crippen molar-refractivity contribution >= 4 is 29.1 Å². The number of carbonyl (C=O) groups excluding carboxylic acids is 1. The van der Waals surface area contributed by atoms with E-state index in [1.807, 2.05) is 20.8 Å². The zero-order valence-corrected chi connectivity index (χ0v) is 15.0. The monoisotopic (exact) mass is 355 g/mol. The molecule has 0 aliphatic rings. The van der Waals surface area contributed by atoms with Gasteiger partial charge in [0.2, 0.25) is 0 Å². The van der Waals surface area contributed by atoms with Gasteiger partial charge in [-0.15, -0.1) is 0 Å². The fourth-order valence-corrected chi connectivity index (χ4v) is 2.88. The van der Waals surface area contributed by atoms with Crippen molar-refractivity contribution in [2.45, 2.75) is 26.8 Å². The number of nitrogens with one attached hydrogen (secondary N) is 1. The van der Waals surface area contributed by atoms with Crippen LogP contribution < -0.4 is 4.74 Å². The minimum Gasteiger partial charge on any atom is -0.482 e. The number of hydrogen-bond donors (Lipinski definition) is 1. The van der Waals surface area contributed by atoms with Gasteiger partial charge in [0.05, 0.1) is 16.8 Å². The van der Waals surface area contributed by atoms with Gasteiger partial charge in [-0.25, -0.2) is 0 Å². The molecule has 2 aromatic rings. The number of halogens is 2.